The van der Waals surface area contributed by atoms with Gasteiger partial charge in [0.25, 0.3) is 0 Å². The van der Waals surface area contributed by atoms with Crippen LogP contribution in [0.5, 0.6) is 0 Å². The van der Waals surface area contributed by atoms with Crippen LogP contribution in [0.15, 0.2) is 11.6 Å². The first-order chi connectivity index (χ1) is 15.3. The molecule has 1 N–H and O–H groups in total. The van der Waals surface area contributed by atoms with E-state index in [0.29, 0.717) is 6.42 Å². The van der Waals surface area contributed by atoms with E-state index in [4.69, 9.17) is 18.9 Å². The average molecular weight is 465 g/mol. The molecule has 0 aromatic carbocycles. The molecule has 1 saturated carbocycles. The molecule has 0 radical (unpaired) electrons. The molecular weight excluding hydrogens is 432 g/mol. The summed E-state index contributed by atoms with van der Waals surface area (Å²) < 4.78 is 22.8. The smallest absolute Gasteiger partial charge is 0.312 e. The first-order valence-electron chi connectivity index (χ1n) is 11.5. The molecule has 0 bridgehead atoms. The molecule has 2 saturated heterocycles. The molecule has 2 heterocycles. The molecule has 33 heavy (non-hydrogen) atoms. The molecule has 9 nitrogen and oxygen atoms in total. The van der Waals surface area contributed by atoms with Crippen LogP contribution in [0.25, 0.3) is 0 Å². The molecule has 4 rings (SSSR count). The lowest BCUT2D eigenvalue weighted by atomic mass is 9.54. The first kappa shape index (κ1) is 23.9. The summed E-state index contributed by atoms with van der Waals surface area (Å²) in [4.78, 5) is 50.4. The summed E-state index contributed by atoms with van der Waals surface area (Å²) in [6, 6.07) is 0. The highest BCUT2D eigenvalue weighted by molar-refractivity contribution is 5.87. The fourth-order valence-corrected chi connectivity index (χ4v) is 6.28. The summed E-state index contributed by atoms with van der Waals surface area (Å²) in [6.07, 6.45) is -1.77. The van der Waals surface area contributed by atoms with Gasteiger partial charge in [-0.3, -0.25) is 19.2 Å². The highest BCUT2D eigenvalue weighted by Gasteiger charge is 2.74. The maximum atomic E-state index is 13.7. The number of Topliss-reactive ketones (excluding diaryl/α,β-unsaturated/α-hetero) is 1. The maximum absolute atomic E-state index is 13.7. The average Bonchev–Trinajstić information content (AvgIpc) is 3.49. The van der Waals surface area contributed by atoms with Crippen LogP contribution in [-0.2, 0) is 38.1 Å². The van der Waals surface area contributed by atoms with Crippen molar-refractivity contribution in [2.24, 2.45) is 23.2 Å². The van der Waals surface area contributed by atoms with Crippen LogP contribution in [-0.4, -0.2) is 64.9 Å². The molecule has 3 fully saturated rings. The van der Waals surface area contributed by atoms with Gasteiger partial charge in [-0.05, 0) is 33.3 Å². The number of hydrogen-bond donors (Lipinski definition) is 1. The Balaban J connectivity index is 1.93. The Hall–Kier alpha value is -2.26. The van der Waals surface area contributed by atoms with Gasteiger partial charge < -0.3 is 24.1 Å². The number of carbonyl (C=O) groups is 4. The number of hydrogen-bond acceptors (Lipinski definition) is 9. The highest BCUT2D eigenvalue weighted by atomic mass is 16.6. The third-order valence-corrected chi connectivity index (χ3v) is 8.12. The molecular formula is C24H32O9. The molecule has 0 aromatic rings. The van der Waals surface area contributed by atoms with Crippen molar-refractivity contribution in [3.05, 3.63) is 11.6 Å². The van der Waals surface area contributed by atoms with Crippen molar-refractivity contribution < 1.29 is 43.2 Å². The van der Waals surface area contributed by atoms with Crippen molar-refractivity contribution >= 4 is 23.7 Å². The van der Waals surface area contributed by atoms with Crippen LogP contribution in [0.4, 0.5) is 0 Å². The van der Waals surface area contributed by atoms with E-state index in [-0.39, 0.29) is 12.2 Å². The Kier molecular flexibility index (Phi) is 5.72. The number of ether oxygens (including phenoxy) is 4. The minimum atomic E-state index is -1.93. The van der Waals surface area contributed by atoms with E-state index < -0.39 is 77.2 Å². The second-order valence-electron chi connectivity index (χ2n) is 10.2. The summed E-state index contributed by atoms with van der Waals surface area (Å²) in [5, 5.41) is 12.1. The molecule has 0 spiro atoms. The van der Waals surface area contributed by atoms with Crippen molar-refractivity contribution in [1.82, 2.24) is 0 Å². The van der Waals surface area contributed by atoms with Crippen molar-refractivity contribution in [3.63, 3.8) is 0 Å². The number of epoxide rings is 1. The van der Waals surface area contributed by atoms with Crippen LogP contribution in [0.1, 0.15) is 54.4 Å². The van der Waals surface area contributed by atoms with Crippen LogP contribution in [0.3, 0.4) is 0 Å². The lowest BCUT2D eigenvalue weighted by molar-refractivity contribution is -0.208. The molecule has 9 heteroatoms. The summed E-state index contributed by atoms with van der Waals surface area (Å²) in [5.74, 6) is -4.20. The van der Waals surface area contributed by atoms with Crippen LogP contribution >= 0.6 is 0 Å². The zero-order chi connectivity index (χ0) is 24.5. The Morgan fingerprint density at radius 2 is 1.76 bits per heavy atom. The Morgan fingerprint density at radius 3 is 2.36 bits per heavy atom. The standard InChI is InChI=1S/C24H32O9/c1-10-7-8-15(27)23(6)17(11(2)18(30-13(4)25)19-21(23)33-19)20(31-14(5)26)24(29)12(3)22(28)32-16(24)9-10/h9,11-12,16-21,29H,7-8H2,1-6H3/b10-9-/t11-,12+,16+,17-,18-,19-,20?,21-,23-,24-/m1/s1. The minimum absolute atomic E-state index is 0.0852. The van der Waals surface area contributed by atoms with Gasteiger partial charge in [0, 0.05) is 32.1 Å². The van der Waals surface area contributed by atoms with E-state index in [1.54, 1.807) is 19.9 Å². The number of esters is 3. The molecule has 2 aliphatic carbocycles. The normalized spacial score (nSPS) is 48.3. The number of aliphatic hydroxyl groups is 1. The van der Waals surface area contributed by atoms with Crippen molar-refractivity contribution in [1.29, 1.82) is 0 Å². The SMILES string of the molecule is CC(=O)OC1[C@H]2[C@@H](C)[C@@H](OC(C)=O)[C@H]3O[C@H]3[C@]2(C)C(=O)CC/C(C)=C\[C@@H]2OC(=O)[C@H](C)[C@]12O. The minimum Gasteiger partial charge on any atom is -0.459 e. The van der Waals surface area contributed by atoms with E-state index in [1.165, 1.54) is 20.8 Å². The van der Waals surface area contributed by atoms with Crippen LogP contribution in [0, 0.1) is 23.2 Å². The largest absolute Gasteiger partial charge is 0.459 e. The molecule has 0 amide bonds. The Bertz CT molecular complexity index is 925. The fraction of sp³-hybridized carbons (Fsp3) is 0.750. The molecule has 182 valence electrons. The summed E-state index contributed by atoms with van der Waals surface area (Å²) in [6.45, 7) is 9.41. The molecule has 0 aromatic heterocycles. The zero-order valence-electron chi connectivity index (χ0n) is 19.8. The Morgan fingerprint density at radius 1 is 1.12 bits per heavy atom. The van der Waals surface area contributed by atoms with Gasteiger partial charge >= 0.3 is 17.9 Å². The lowest BCUT2D eigenvalue weighted by Crippen LogP contribution is -2.66. The molecule has 1 unspecified atom stereocenters. The number of rotatable bonds is 2. The first-order valence-corrected chi connectivity index (χ1v) is 11.5. The summed E-state index contributed by atoms with van der Waals surface area (Å²) in [7, 11) is 0. The second kappa shape index (κ2) is 7.91. The predicted octanol–water partition coefficient (Wildman–Crippen LogP) is 1.49. The quantitative estimate of drug-likeness (QED) is 0.280. The van der Waals surface area contributed by atoms with E-state index in [1.807, 2.05) is 6.92 Å². The van der Waals surface area contributed by atoms with Crippen molar-refractivity contribution in [2.45, 2.75) is 90.5 Å². The fourth-order valence-electron chi connectivity index (χ4n) is 6.28. The van der Waals surface area contributed by atoms with Crippen molar-refractivity contribution in [3.8, 4) is 0 Å². The number of fused-ring (bicyclic) bond motifs is 4. The van der Waals surface area contributed by atoms with Crippen molar-refractivity contribution in [2.75, 3.05) is 0 Å². The molecule has 10 atom stereocenters. The van der Waals surface area contributed by atoms with E-state index in [2.05, 4.69) is 0 Å². The van der Waals surface area contributed by atoms with Gasteiger partial charge in [0.2, 0.25) is 0 Å². The topological polar surface area (TPSA) is 129 Å². The summed E-state index contributed by atoms with van der Waals surface area (Å²) >= 11 is 0. The molecule has 2 aliphatic heterocycles. The maximum Gasteiger partial charge on any atom is 0.312 e. The zero-order valence-corrected chi connectivity index (χ0v) is 19.8. The number of ketones is 1. The number of allylic oxidation sites excluding steroid dienone is 1. The second-order valence-corrected chi connectivity index (χ2v) is 10.2. The third kappa shape index (κ3) is 3.51. The van der Waals surface area contributed by atoms with Gasteiger partial charge in [-0.25, -0.2) is 0 Å². The monoisotopic (exact) mass is 464 g/mol. The third-order valence-electron chi connectivity index (χ3n) is 8.12. The Labute approximate surface area is 192 Å². The van der Waals surface area contributed by atoms with E-state index >= 15 is 0 Å². The van der Waals surface area contributed by atoms with E-state index in [9.17, 15) is 24.3 Å². The van der Waals surface area contributed by atoms with Gasteiger partial charge in [0.1, 0.15) is 30.2 Å². The molecule has 4 aliphatic rings. The van der Waals surface area contributed by atoms with Gasteiger partial charge in [0.05, 0.1) is 11.3 Å². The van der Waals surface area contributed by atoms with Gasteiger partial charge in [0.15, 0.2) is 11.7 Å². The number of carbonyl (C=O) groups excluding carboxylic acids is 4. The van der Waals surface area contributed by atoms with Gasteiger partial charge in [-0.2, -0.15) is 0 Å². The predicted molar refractivity (Wildman–Crippen MR) is 113 cm³/mol. The van der Waals surface area contributed by atoms with Crippen LogP contribution in [0.2, 0.25) is 0 Å². The summed E-state index contributed by atoms with van der Waals surface area (Å²) in [5.41, 5.74) is -2.28. The van der Waals surface area contributed by atoms with Crippen LogP contribution < -0.4 is 0 Å². The highest BCUT2D eigenvalue weighted by Crippen LogP contribution is 2.60. The van der Waals surface area contributed by atoms with E-state index in [0.717, 1.165) is 5.57 Å². The van der Waals surface area contributed by atoms with Gasteiger partial charge in [-0.15, -0.1) is 0 Å². The van der Waals surface area contributed by atoms with Gasteiger partial charge in [-0.1, -0.05) is 12.5 Å². The lowest BCUT2D eigenvalue weighted by Gasteiger charge is -2.51.